The first-order chi connectivity index (χ1) is 8.09. The molecule has 100 valence electrons. The summed E-state index contributed by atoms with van der Waals surface area (Å²) in [5.74, 6) is -0.209. The Morgan fingerprint density at radius 3 is 2.33 bits per heavy atom. The first-order valence-corrected chi connectivity index (χ1v) is 8.59. The van der Waals surface area contributed by atoms with Gasteiger partial charge < -0.3 is 0 Å². The number of nitrogens with one attached hydrogen (secondary N) is 1. The van der Waals surface area contributed by atoms with E-state index in [0.29, 0.717) is 5.56 Å². The molecule has 0 bridgehead atoms. The van der Waals surface area contributed by atoms with Crippen molar-refractivity contribution in [2.75, 3.05) is 16.1 Å². The lowest BCUT2D eigenvalue weighted by Gasteiger charge is -2.07. The van der Waals surface area contributed by atoms with Crippen LogP contribution in [0.4, 0.5) is 5.69 Å². The number of carbonyl (C=O) groups is 1. The Balaban J connectivity index is 2.98. The maximum Gasteiger partial charge on any atom is 0.247 e. The first-order valence-electron chi connectivity index (χ1n) is 4.88. The summed E-state index contributed by atoms with van der Waals surface area (Å²) < 4.78 is 47.0. The standard InChI is InChI=1S/C10H13NO5S2/c1-8(12)9-4-3-5-10(6-9)11-18(15,16)7-17(2,13)14/h3-6,11H,7H2,1-2H3. The van der Waals surface area contributed by atoms with Crippen molar-refractivity contribution < 1.29 is 21.6 Å². The van der Waals surface area contributed by atoms with Gasteiger partial charge in [-0.3, -0.25) is 9.52 Å². The molecular formula is C10H13NO5S2. The molecule has 0 unspecified atom stereocenters. The molecule has 0 aliphatic heterocycles. The first kappa shape index (κ1) is 14.7. The van der Waals surface area contributed by atoms with Crippen molar-refractivity contribution in [3.05, 3.63) is 29.8 Å². The zero-order valence-electron chi connectivity index (χ0n) is 9.87. The van der Waals surface area contributed by atoms with E-state index in [2.05, 4.69) is 4.72 Å². The molecule has 0 aliphatic carbocycles. The van der Waals surface area contributed by atoms with Crippen LogP contribution in [0.15, 0.2) is 24.3 Å². The third-order valence-electron chi connectivity index (χ3n) is 1.91. The molecule has 0 aromatic heterocycles. The number of benzene rings is 1. The quantitative estimate of drug-likeness (QED) is 0.803. The second kappa shape index (κ2) is 5.07. The summed E-state index contributed by atoms with van der Waals surface area (Å²) in [6, 6.07) is 5.83. The van der Waals surface area contributed by atoms with Gasteiger partial charge in [0.05, 0.1) is 0 Å². The summed E-state index contributed by atoms with van der Waals surface area (Å²) in [6.45, 7) is 1.35. The smallest absolute Gasteiger partial charge is 0.247 e. The summed E-state index contributed by atoms with van der Waals surface area (Å²) in [6.07, 6.45) is 0.832. The Kier molecular flexibility index (Phi) is 4.12. The Labute approximate surface area is 106 Å². The summed E-state index contributed by atoms with van der Waals surface area (Å²) in [4.78, 5) is 11.1. The molecule has 1 aromatic rings. The van der Waals surface area contributed by atoms with Gasteiger partial charge in [0.1, 0.15) is 0 Å². The molecular weight excluding hydrogens is 278 g/mol. The molecule has 0 spiro atoms. The van der Waals surface area contributed by atoms with E-state index in [1.807, 2.05) is 0 Å². The van der Waals surface area contributed by atoms with E-state index in [4.69, 9.17) is 0 Å². The van der Waals surface area contributed by atoms with Crippen molar-refractivity contribution >= 4 is 31.3 Å². The van der Waals surface area contributed by atoms with E-state index in [9.17, 15) is 21.6 Å². The average Bonchev–Trinajstić information content (AvgIpc) is 2.12. The minimum atomic E-state index is -3.98. The lowest BCUT2D eigenvalue weighted by molar-refractivity contribution is 0.101. The number of Topliss-reactive ketones (excluding diaryl/α,β-unsaturated/α-hetero) is 1. The van der Waals surface area contributed by atoms with Gasteiger partial charge in [-0.25, -0.2) is 16.8 Å². The van der Waals surface area contributed by atoms with Gasteiger partial charge in [0.25, 0.3) is 0 Å². The number of sulfone groups is 1. The van der Waals surface area contributed by atoms with Gasteiger partial charge in [-0.15, -0.1) is 0 Å². The van der Waals surface area contributed by atoms with Gasteiger partial charge in [0.15, 0.2) is 20.7 Å². The van der Waals surface area contributed by atoms with Gasteiger partial charge in [-0.05, 0) is 19.1 Å². The molecule has 0 heterocycles. The van der Waals surface area contributed by atoms with Crippen LogP contribution in [-0.2, 0) is 19.9 Å². The summed E-state index contributed by atoms with van der Waals surface area (Å²) >= 11 is 0. The van der Waals surface area contributed by atoms with E-state index in [1.165, 1.54) is 31.2 Å². The summed E-state index contributed by atoms with van der Waals surface area (Å²) in [7, 11) is -7.63. The van der Waals surface area contributed by atoms with Gasteiger partial charge in [0.2, 0.25) is 10.0 Å². The van der Waals surface area contributed by atoms with Crippen molar-refractivity contribution in [2.24, 2.45) is 0 Å². The topological polar surface area (TPSA) is 97.4 Å². The molecule has 0 saturated carbocycles. The molecule has 0 fully saturated rings. The highest BCUT2D eigenvalue weighted by atomic mass is 32.3. The maximum atomic E-state index is 11.5. The van der Waals surface area contributed by atoms with Crippen LogP contribution < -0.4 is 4.72 Å². The molecule has 0 atom stereocenters. The largest absolute Gasteiger partial charge is 0.295 e. The summed E-state index contributed by atoms with van der Waals surface area (Å²) in [5.41, 5.74) is 0.501. The number of anilines is 1. The van der Waals surface area contributed by atoms with E-state index in [-0.39, 0.29) is 11.5 Å². The molecule has 6 nitrogen and oxygen atoms in total. The van der Waals surface area contributed by atoms with E-state index < -0.39 is 24.9 Å². The van der Waals surface area contributed by atoms with Crippen molar-refractivity contribution in [3.8, 4) is 0 Å². The Bertz CT molecular complexity index is 661. The van der Waals surface area contributed by atoms with E-state index in [0.717, 1.165) is 6.26 Å². The number of ketones is 1. The minimum absolute atomic E-state index is 0.159. The second-order valence-electron chi connectivity index (χ2n) is 3.90. The van der Waals surface area contributed by atoms with Crippen molar-refractivity contribution in [1.82, 2.24) is 0 Å². The Morgan fingerprint density at radius 2 is 1.83 bits per heavy atom. The van der Waals surface area contributed by atoms with Gasteiger partial charge in [-0.1, -0.05) is 12.1 Å². The number of sulfonamides is 1. The predicted octanol–water partition coefficient (Wildman–Crippen LogP) is 0.633. The third kappa shape index (κ3) is 4.84. The lowest BCUT2D eigenvalue weighted by atomic mass is 10.1. The monoisotopic (exact) mass is 291 g/mol. The van der Waals surface area contributed by atoms with Crippen LogP contribution in [0.2, 0.25) is 0 Å². The highest BCUT2D eigenvalue weighted by Gasteiger charge is 2.18. The van der Waals surface area contributed by atoms with E-state index >= 15 is 0 Å². The van der Waals surface area contributed by atoms with Crippen molar-refractivity contribution in [3.63, 3.8) is 0 Å². The molecule has 18 heavy (non-hydrogen) atoms. The Hall–Kier alpha value is -1.41. The molecule has 1 N–H and O–H groups in total. The molecule has 0 radical (unpaired) electrons. The maximum absolute atomic E-state index is 11.5. The fraction of sp³-hybridized carbons (Fsp3) is 0.300. The van der Waals surface area contributed by atoms with Gasteiger partial charge in [-0.2, -0.15) is 0 Å². The normalized spacial score (nSPS) is 12.1. The van der Waals surface area contributed by atoms with Crippen LogP contribution in [0.5, 0.6) is 0 Å². The van der Waals surface area contributed by atoms with Crippen LogP contribution >= 0.6 is 0 Å². The van der Waals surface area contributed by atoms with Crippen LogP contribution in [0.3, 0.4) is 0 Å². The van der Waals surface area contributed by atoms with Gasteiger partial charge in [0, 0.05) is 17.5 Å². The number of rotatable bonds is 5. The SMILES string of the molecule is CC(=O)c1cccc(NS(=O)(=O)CS(C)(=O)=O)c1. The number of carbonyl (C=O) groups excluding carboxylic acids is 1. The molecule has 0 amide bonds. The zero-order valence-corrected chi connectivity index (χ0v) is 11.5. The van der Waals surface area contributed by atoms with Gasteiger partial charge >= 0.3 is 0 Å². The number of hydrogen-bond donors (Lipinski definition) is 1. The highest BCUT2D eigenvalue weighted by Crippen LogP contribution is 2.13. The van der Waals surface area contributed by atoms with Crippen molar-refractivity contribution in [1.29, 1.82) is 0 Å². The van der Waals surface area contributed by atoms with Crippen LogP contribution in [0.25, 0.3) is 0 Å². The zero-order chi connectivity index (χ0) is 14.0. The average molecular weight is 291 g/mol. The van der Waals surface area contributed by atoms with Crippen LogP contribution in [0.1, 0.15) is 17.3 Å². The van der Waals surface area contributed by atoms with E-state index in [1.54, 1.807) is 0 Å². The second-order valence-corrected chi connectivity index (χ2v) is 8.13. The lowest BCUT2D eigenvalue weighted by Crippen LogP contribution is -2.22. The van der Waals surface area contributed by atoms with Crippen LogP contribution in [0, 0.1) is 0 Å². The fourth-order valence-electron chi connectivity index (χ4n) is 1.29. The minimum Gasteiger partial charge on any atom is -0.295 e. The predicted molar refractivity (Wildman–Crippen MR) is 68.7 cm³/mol. The van der Waals surface area contributed by atoms with Crippen molar-refractivity contribution in [2.45, 2.75) is 6.92 Å². The fourth-order valence-corrected chi connectivity index (χ4v) is 4.27. The molecule has 8 heteroatoms. The summed E-state index contributed by atoms with van der Waals surface area (Å²) in [5, 5.41) is -0.996. The number of hydrogen-bond acceptors (Lipinski definition) is 5. The molecule has 0 saturated heterocycles. The molecule has 1 aromatic carbocycles. The highest BCUT2D eigenvalue weighted by molar-refractivity contribution is 8.08. The Morgan fingerprint density at radius 1 is 1.22 bits per heavy atom. The molecule has 0 aliphatic rings. The molecule has 1 rings (SSSR count). The van der Waals surface area contributed by atoms with Crippen LogP contribution in [-0.4, -0.2) is 34.0 Å². The third-order valence-corrected chi connectivity index (χ3v) is 5.41.